The topological polar surface area (TPSA) is 9.72 Å². The van der Waals surface area contributed by atoms with Crippen LogP contribution in [-0.4, -0.2) is 6.71 Å². The molecule has 314 valence electrons. The third-order valence-electron chi connectivity index (χ3n) is 14.2. The molecule has 4 heteroatoms. The Bertz CT molecular complexity index is 3080. The molecule has 2 aliphatic heterocycles. The highest BCUT2D eigenvalue weighted by atomic mass is 15.2. The monoisotopic (exact) mass is 829 g/mol. The van der Waals surface area contributed by atoms with Crippen molar-refractivity contribution in [3.8, 4) is 11.1 Å². The molecule has 8 aromatic rings. The van der Waals surface area contributed by atoms with Crippen LogP contribution in [0, 0.1) is 6.92 Å². The first-order chi connectivity index (χ1) is 30.7. The van der Waals surface area contributed by atoms with Crippen molar-refractivity contribution in [1.82, 2.24) is 0 Å². The van der Waals surface area contributed by atoms with Crippen molar-refractivity contribution in [3.05, 3.63) is 204 Å². The maximum atomic E-state index is 2.60. The zero-order valence-electron chi connectivity index (χ0n) is 38.7. The molecule has 64 heavy (non-hydrogen) atoms. The zero-order chi connectivity index (χ0) is 44.3. The Balaban J connectivity index is 1.19. The maximum Gasteiger partial charge on any atom is 0.252 e. The van der Waals surface area contributed by atoms with E-state index in [0.717, 1.165) is 22.7 Å². The Hall–Kier alpha value is -6.78. The molecule has 0 N–H and O–H groups in total. The minimum Gasteiger partial charge on any atom is -0.311 e. The molecule has 0 atom stereocenters. The fourth-order valence-electron chi connectivity index (χ4n) is 10.8. The van der Waals surface area contributed by atoms with E-state index in [1.807, 2.05) is 0 Å². The second-order valence-corrected chi connectivity index (χ2v) is 20.8. The standard InChI is InChI=1S/C60H56BN3/c1-39-34-55-57-56(35-39)64(45-29-31-48-47-22-16-17-23-49(47)60(8,9)50(48)37-45)53-36-41(59(5,6)7)26-32-51(53)61(57)52-33-30-46(62(42-18-12-10-13-19-42)43-20-14-11-15-21-43)38-54(52)63(55)44-27-24-40(25-28-44)58(2,3)4/h10-38H,1-9H3. The Morgan fingerprint density at radius 3 is 1.58 bits per heavy atom. The largest absolute Gasteiger partial charge is 0.311 e. The SMILES string of the molecule is Cc1cc2c3c(c1)N(c1ccc4c(c1)C(C)(C)c1ccccc1-4)c1cc(C(C)(C)C)ccc1B3c1ccc(N(c3ccccc3)c3ccccc3)cc1N2c1ccc(C(C)(C)C)cc1. The van der Waals surface area contributed by atoms with Crippen molar-refractivity contribution < 1.29 is 0 Å². The number of para-hydroxylation sites is 2. The Morgan fingerprint density at radius 1 is 0.438 bits per heavy atom. The summed E-state index contributed by atoms with van der Waals surface area (Å²) in [6, 6.07) is 66.5. The second-order valence-electron chi connectivity index (χ2n) is 20.8. The van der Waals surface area contributed by atoms with Gasteiger partial charge in [-0.15, -0.1) is 0 Å². The number of rotatable bonds is 5. The molecule has 0 fully saturated rings. The third-order valence-corrected chi connectivity index (χ3v) is 14.2. The molecule has 3 aliphatic rings. The van der Waals surface area contributed by atoms with Crippen LogP contribution in [0.25, 0.3) is 11.1 Å². The summed E-state index contributed by atoms with van der Waals surface area (Å²) in [5.41, 5.74) is 23.8. The van der Waals surface area contributed by atoms with Gasteiger partial charge in [-0.3, -0.25) is 0 Å². The van der Waals surface area contributed by atoms with E-state index in [2.05, 4.69) is 253 Å². The number of anilines is 9. The predicted octanol–water partition coefficient (Wildman–Crippen LogP) is 14.4. The fourth-order valence-corrected chi connectivity index (χ4v) is 10.8. The summed E-state index contributed by atoms with van der Waals surface area (Å²) in [7, 11) is 0. The molecule has 8 aromatic carbocycles. The van der Waals surface area contributed by atoms with Gasteiger partial charge in [-0.2, -0.15) is 0 Å². The highest BCUT2D eigenvalue weighted by molar-refractivity contribution is 7.00. The van der Waals surface area contributed by atoms with E-state index in [1.165, 1.54) is 83.8 Å². The fraction of sp³-hybridized carbons (Fsp3) is 0.200. The van der Waals surface area contributed by atoms with Gasteiger partial charge in [-0.25, -0.2) is 0 Å². The van der Waals surface area contributed by atoms with Crippen molar-refractivity contribution >= 4 is 74.3 Å². The number of nitrogens with zero attached hydrogens (tertiary/aromatic N) is 3. The van der Waals surface area contributed by atoms with E-state index in [1.54, 1.807) is 0 Å². The Labute approximate surface area is 380 Å². The number of hydrogen-bond donors (Lipinski definition) is 0. The average molecular weight is 830 g/mol. The van der Waals surface area contributed by atoms with Gasteiger partial charge in [0.15, 0.2) is 0 Å². The molecule has 0 unspecified atom stereocenters. The molecule has 2 heterocycles. The van der Waals surface area contributed by atoms with E-state index < -0.39 is 0 Å². The molecule has 0 bridgehead atoms. The number of hydrogen-bond acceptors (Lipinski definition) is 3. The maximum absolute atomic E-state index is 2.60. The van der Waals surface area contributed by atoms with Gasteiger partial charge in [-0.05, 0) is 152 Å². The lowest BCUT2D eigenvalue weighted by Gasteiger charge is -2.45. The van der Waals surface area contributed by atoms with E-state index in [0.29, 0.717) is 0 Å². The minimum absolute atomic E-state index is 0.0111. The first-order valence-electron chi connectivity index (χ1n) is 23.0. The molecular formula is C60H56BN3. The van der Waals surface area contributed by atoms with Crippen LogP contribution >= 0.6 is 0 Å². The Kier molecular flexibility index (Phi) is 8.99. The van der Waals surface area contributed by atoms with Gasteiger partial charge in [-0.1, -0.05) is 152 Å². The molecule has 0 radical (unpaired) electrons. The first-order valence-corrected chi connectivity index (χ1v) is 23.0. The molecule has 0 saturated carbocycles. The molecule has 0 aromatic heterocycles. The summed E-state index contributed by atoms with van der Waals surface area (Å²) in [6.45, 7) is 20.9. The smallest absolute Gasteiger partial charge is 0.252 e. The van der Waals surface area contributed by atoms with Crippen LogP contribution in [0.1, 0.15) is 83.2 Å². The highest BCUT2D eigenvalue weighted by Crippen LogP contribution is 2.52. The molecule has 1 aliphatic carbocycles. The summed E-state index contributed by atoms with van der Waals surface area (Å²) in [5.74, 6) is 0. The lowest BCUT2D eigenvalue weighted by Crippen LogP contribution is -2.61. The molecule has 0 amide bonds. The van der Waals surface area contributed by atoms with Gasteiger partial charge in [0.1, 0.15) is 0 Å². The molecule has 0 spiro atoms. The minimum atomic E-state index is -0.123. The van der Waals surface area contributed by atoms with Gasteiger partial charge in [0, 0.05) is 56.6 Å². The molecule has 0 saturated heterocycles. The van der Waals surface area contributed by atoms with Crippen LogP contribution in [0.15, 0.2) is 176 Å². The first kappa shape index (κ1) is 40.0. The van der Waals surface area contributed by atoms with Crippen LogP contribution in [0.4, 0.5) is 51.2 Å². The lowest BCUT2D eigenvalue weighted by atomic mass is 9.33. The molecule has 3 nitrogen and oxygen atoms in total. The average Bonchev–Trinajstić information content (AvgIpc) is 3.51. The summed E-state index contributed by atoms with van der Waals surface area (Å²) in [5, 5.41) is 0. The van der Waals surface area contributed by atoms with E-state index in [-0.39, 0.29) is 23.0 Å². The highest BCUT2D eigenvalue weighted by Gasteiger charge is 2.45. The summed E-state index contributed by atoms with van der Waals surface area (Å²) in [6.07, 6.45) is 0. The van der Waals surface area contributed by atoms with Crippen LogP contribution in [0.5, 0.6) is 0 Å². The normalized spacial score (nSPS) is 14.4. The van der Waals surface area contributed by atoms with Gasteiger partial charge in [0.25, 0.3) is 6.71 Å². The van der Waals surface area contributed by atoms with Crippen LogP contribution in [0.3, 0.4) is 0 Å². The van der Waals surface area contributed by atoms with Crippen LogP contribution < -0.4 is 31.1 Å². The van der Waals surface area contributed by atoms with Crippen molar-refractivity contribution in [3.63, 3.8) is 0 Å². The second kappa shape index (κ2) is 14.4. The van der Waals surface area contributed by atoms with Crippen molar-refractivity contribution in [1.29, 1.82) is 0 Å². The quantitative estimate of drug-likeness (QED) is 0.160. The van der Waals surface area contributed by atoms with Crippen molar-refractivity contribution in [2.75, 3.05) is 14.7 Å². The lowest BCUT2D eigenvalue weighted by molar-refractivity contribution is 0.590. The number of benzene rings is 8. The van der Waals surface area contributed by atoms with Gasteiger partial charge in [0.05, 0.1) is 0 Å². The molecular weight excluding hydrogens is 773 g/mol. The summed E-state index contributed by atoms with van der Waals surface area (Å²) in [4.78, 5) is 7.54. The Morgan fingerprint density at radius 2 is 0.953 bits per heavy atom. The summed E-state index contributed by atoms with van der Waals surface area (Å²) < 4.78 is 0. The number of fused-ring (bicyclic) bond motifs is 7. The van der Waals surface area contributed by atoms with Crippen LogP contribution in [-0.2, 0) is 16.2 Å². The van der Waals surface area contributed by atoms with Gasteiger partial charge in [0.2, 0.25) is 0 Å². The third kappa shape index (κ3) is 6.25. The van der Waals surface area contributed by atoms with Gasteiger partial charge >= 0.3 is 0 Å². The van der Waals surface area contributed by atoms with E-state index in [4.69, 9.17) is 0 Å². The van der Waals surface area contributed by atoms with E-state index >= 15 is 0 Å². The van der Waals surface area contributed by atoms with Crippen molar-refractivity contribution in [2.45, 2.75) is 78.6 Å². The van der Waals surface area contributed by atoms with Gasteiger partial charge < -0.3 is 14.7 Å². The van der Waals surface area contributed by atoms with E-state index in [9.17, 15) is 0 Å². The summed E-state index contributed by atoms with van der Waals surface area (Å²) >= 11 is 0. The number of aryl methyl sites for hydroxylation is 1. The zero-order valence-corrected chi connectivity index (χ0v) is 38.7. The predicted molar refractivity (Wildman–Crippen MR) is 275 cm³/mol. The van der Waals surface area contributed by atoms with Crippen molar-refractivity contribution in [2.24, 2.45) is 0 Å². The van der Waals surface area contributed by atoms with Crippen LogP contribution in [0.2, 0.25) is 0 Å². The molecule has 11 rings (SSSR count).